The summed E-state index contributed by atoms with van der Waals surface area (Å²) < 4.78 is 0. The van der Waals surface area contributed by atoms with E-state index in [0.717, 1.165) is 49.9 Å². The van der Waals surface area contributed by atoms with Gasteiger partial charge in [0, 0.05) is 40.5 Å². The Bertz CT molecular complexity index is 961. The maximum atomic E-state index is 13.0. The van der Waals surface area contributed by atoms with Crippen molar-refractivity contribution in [2.24, 2.45) is 4.99 Å². The fraction of sp³-hybridized carbons (Fsp3) is 0.333. The van der Waals surface area contributed by atoms with Gasteiger partial charge in [0.25, 0.3) is 5.91 Å². The van der Waals surface area contributed by atoms with Crippen molar-refractivity contribution in [2.75, 3.05) is 18.4 Å². The first-order chi connectivity index (χ1) is 14.5. The molecule has 1 aliphatic heterocycles. The van der Waals surface area contributed by atoms with Crippen molar-refractivity contribution in [3.05, 3.63) is 75.5 Å². The molecule has 2 aromatic rings. The fourth-order valence-electron chi connectivity index (χ4n) is 3.32. The number of benzene rings is 2. The molecule has 0 bridgehead atoms. The predicted octanol–water partition coefficient (Wildman–Crippen LogP) is 6.53. The smallest absolute Gasteiger partial charge is 0.275 e. The van der Waals surface area contributed by atoms with Gasteiger partial charge in [0.15, 0.2) is 0 Å². The molecule has 0 aliphatic carbocycles. The van der Waals surface area contributed by atoms with Crippen molar-refractivity contribution in [3.63, 3.8) is 0 Å². The Hall–Kier alpha value is -2.30. The van der Waals surface area contributed by atoms with Gasteiger partial charge in [-0.15, -0.1) is 0 Å². The van der Waals surface area contributed by atoms with Gasteiger partial charge in [0.05, 0.1) is 11.4 Å². The molecule has 0 saturated carbocycles. The van der Waals surface area contributed by atoms with Gasteiger partial charge in [-0.1, -0.05) is 68.1 Å². The van der Waals surface area contributed by atoms with E-state index in [0.29, 0.717) is 27.1 Å². The number of carbonyl (C=O) groups excluding carboxylic acids is 1. The van der Waals surface area contributed by atoms with E-state index in [4.69, 9.17) is 28.2 Å². The summed E-state index contributed by atoms with van der Waals surface area (Å²) in [6.45, 7) is 6.11. The van der Waals surface area contributed by atoms with Crippen LogP contribution in [0, 0.1) is 0 Å². The van der Waals surface area contributed by atoms with Crippen LogP contribution in [0.25, 0.3) is 0 Å². The third-order valence-electron chi connectivity index (χ3n) is 4.98. The first-order valence-corrected chi connectivity index (χ1v) is 11.2. The zero-order valence-electron chi connectivity index (χ0n) is 17.4. The summed E-state index contributed by atoms with van der Waals surface area (Å²) in [5.41, 5.74) is 3.18. The van der Waals surface area contributed by atoms with Gasteiger partial charge in [-0.25, -0.2) is 4.99 Å². The van der Waals surface area contributed by atoms with E-state index in [1.54, 1.807) is 12.1 Å². The summed E-state index contributed by atoms with van der Waals surface area (Å²) in [4.78, 5) is 20.0. The number of anilines is 1. The Labute approximate surface area is 188 Å². The number of benzodiazepines with no additional fused rings is 1. The molecule has 158 valence electrons. The van der Waals surface area contributed by atoms with Crippen LogP contribution in [0.15, 0.2) is 59.4 Å². The maximum Gasteiger partial charge on any atom is 0.275 e. The lowest BCUT2D eigenvalue weighted by atomic mass is 10.0. The summed E-state index contributed by atoms with van der Waals surface area (Å²) in [6.07, 6.45) is 6.19. The van der Waals surface area contributed by atoms with Crippen molar-refractivity contribution >= 4 is 40.5 Å². The van der Waals surface area contributed by atoms with Crippen LogP contribution in [0.5, 0.6) is 0 Å². The highest BCUT2D eigenvalue weighted by Gasteiger charge is 2.23. The van der Waals surface area contributed by atoms with Crippen LogP contribution in [0.4, 0.5) is 5.69 Å². The van der Waals surface area contributed by atoms with E-state index in [1.165, 1.54) is 0 Å². The molecule has 4 nitrogen and oxygen atoms in total. The summed E-state index contributed by atoms with van der Waals surface area (Å²) in [5.74, 6) is -0.237. The Morgan fingerprint density at radius 1 is 1.00 bits per heavy atom. The van der Waals surface area contributed by atoms with Crippen LogP contribution in [-0.4, -0.2) is 29.6 Å². The minimum Gasteiger partial charge on any atom is -0.375 e. The van der Waals surface area contributed by atoms with E-state index < -0.39 is 0 Å². The van der Waals surface area contributed by atoms with Crippen molar-refractivity contribution < 1.29 is 4.79 Å². The molecule has 1 amide bonds. The number of hydrogen-bond donors (Lipinski definition) is 1. The average molecular weight is 444 g/mol. The zero-order chi connectivity index (χ0) is 21.5. The SMILES string of the molecule is CCCCN(C=C1N=C(c2ccccc2Cl)c2cc(Cl)ccc2NC1=O)CCCC. The quantitative estimate of drug-likeness (QED) is 0.471. The molecule has 0 fully saturated rings. The maximum absolute atomic E-state index is 13.0. The second-order valence-corrected chi connectivity index (χ2v) is 8.19. The number of hydrogen-bond acceptors (Lipinski definition) is 3. The molecule has 0 aromatic heterocycles. The molecule has 0 radical (unpaired) electrons. The molecule has 2 aromatic carbocycles. The van der Waals surface area contributed by atoms with Crippen LogP contribution >= 0.6 is 23.2 Å². The van der Waals surface area contributed by atoms with E-state index >= 15 is 0 Å². The molecule has 30 heavy (non-hydrogen) atoms. The van der Waals surface area contributed by atoms with Crippen LogP contribution < -0.4 is 5.32 Å². The molecule has 0 atom stereocenters. The Kier molecular flexibility index (Phi) is 7.94. The van der Waals surface area contributed by atoms with Gasteiger partial charge in [-0.3, -0.25) is 4.79 Å². The number of amides is 1. The zero-order valence-corrected chi connectivity index (χ0v) is 18.9. The number of nitrogens with one attached hydrogen (secondary N) is 1. The first-order valence-electron chi connectivity index (χ1n) is 10.4. The van der Waals surface area contributed by atoms with Crippen LogP contribution in [-0.2, 0) is 4.79 Å². The third-order valence-corrected chi connectivity index (χ3v) is 5.55. The predicted molar refractivity (Wildman–Crippen MR) is 127 cm³/mol. The lowest BCUT2D eigenvalue weighted by molar-refractivity contribution is -0.112. The number of fused-ring (bicyclic) bond motifs is 1. The van der Waals surface area contributed by atoms with Gasteiger partial charge in [0.1, 0.15) is 5.70 Å². The second kappa shape index (κ2) is 10.6. The molecule has 0 spiro atoms. The molecule has 6 heteroatoms. The highest BCUT2D eigenvalue weighted by atomic mass is 35.5. The highest BCUT2D eigenvalue weighted by molar-refractivity contribution is 6.37. The largest absolute Gasteiger partial charge is 0.375 e. The number of rotatable bonds is 8. The lowest BCUT2D eigenvalue weighted by Gasteiger charge is -2.20. The number of carbonyl (C=O) groups is 1. The topological polar surface area (TPSA) is 44.7 Å². The normalized spacial score (nSPS) is 14.7. The van der Waals surface area contributed by atoms with E-state index in [-0.39, 0.29) is 5.91 Å². The molecular formula is C24H27Cl2N3O. The van der Waals surface area contributed by atoms with Crippen LogP contribution in [0.3, 0.4) is 0 Å². The molecule has 1 N–H and O–H groups in total. The average Bonchev–Trinajstić information content (AvgIpc) is 2.87. The molecule has 1 heterocycles. The third kappa shape index (κ3) is 5.44. The Morgan fingerprint density at radius 2 is 1.70 bits per heavy atom. The molecule has 3 rings (SSSR count). The second-order valence-electron chi connectivity index (χ2n) is 7.34. The van der Waals surface area contributed by atoms with Gasteiger partial charge < -0.3 is 10.2 Å². The van der Waals surface area contributed by atoms with Crippen LogP contribution in [0.2, 0.25) is 10.0 Å². The monoisotopic (exact) mass is 443 g/mol. The Morgan fingerprint density at radius 3 is 2.37 bits per heavy atom. The highest BCUT2D eigenvalue weighted by Crippen LogP contribution is 2.30. The van der Waals surface area contributed by atoms with Crippen molar-refractivity contribution in [3.8, 4) is 0 Å². The summed E-state index contributed by atoms with van der Waals surface area (Å²) in [6, 6.07) is 12.9. The van der Waals surface area contributed by atoms with E-state index in [2.05, 4.69) is 24.1 Å². The molecule has 1 aliphatic rings. The van der Waals surface area contributed by atoms with Gasteiger partial charge in [-0.2, -0.15) is 0 Å². The Balaban J connectivity index is 2.12. The minimum atomic E-state index is -0.237. The summed E-state index contributed by atoms with van der Waals surface area (Å²) in [5, 5.41) is 4.13. The number of aliphatic imine (C=N–C) groups is 1. The summed E-state index contributed by atoms with van der Waals surface area (Å²) in [7, 11) is 0. The molecule has 0 saturated heterocycles. The van der Waals surface area contributed by atoms with Crippen molar-refractivity contribution in [1.29, 1.82) is 0 Å². The number of nitrogens with zero attached hydrogens (tertiary/aromatic N) is 2. The van der Waals surface area contributed by atoms with E-state index in [9.17, 15) is 4.79 Å². The van der Waals surface area contributed by atoms with Crippen molar-refractivity contribution in [2.45, 2.75) is 39.5 Å². The number of unbranched alkanes of at least 4 members (excludes halogenated alkanes) is 2. The lowest BCUT2D eigenvalue weighted by Crippen LogP contribution is -2.23. The van der Waals surface area contributed by atoms with Crippen LogP contribution in [0.1, 0.15) is 50.7 Å². The summed E-state index contributed by atoms with van der Waals surface area (Å²) >= 11 is 12.8. The molecule has 0 unspecified atom stereocenters. The first kappa shape index (κ1) is 22.4. The van der Waals surface area contributed by atoms with Gasteiger partial charge >= 0.3 is 0 Å². The van der Waals surface area contributed by atoms with Crippen molar-refractivity contribution in [1.82, 2.24) is 4.90 Å². The van der Waals surface area contributed by atoms with E-state index in [1.807, 2.05) is 36.5 Å². The minimum absolute atomic E-state index is 0.237. The number of halogens is 2. The fourth-order valence-corrected chi connectivity index (χ4v) is 3.72. The molecular weight excluding hydrogens is 417 g/mol. The van der Waals surface area contributed by atoms with Gasteiger partial charge in [0.2, 0.25) is 0 Å². The van der Waals surface area contributed by atoms with Gasteiger partial charge in [-0.05, 0) is 37.1 Å². The standard InChI is InChI=1S/C24H27Cl2N3O/c1-3-5-13-29(14-6-4-2)16-22-24(30)28-21-12-11-17(25)15-19(21)23(27-22)18-9-7-8-10-20(18)26/h7-12,15-16H,3-6,13-14H2,1-2H3,(H,28,30).